The molecule has 0 aliphatic carbocycles. The predicted octanol–water partition coefficient (Wildman–Crippen LogP) is 4.23. The van der Waals surface area contributed by atoms with Crippen molar-refractivity contribution in [1.82, 2.24) is 5.32 Å². The molecule has 4 heteroatoms. The van der Waals surface area contributed by atoms with E-state index in [0.717, 1.165) is 16.9 Å². The number of nitrogens with one attached hydrogen (secondary N) is 1. The van der Waals surface area contributed by atoms with E-state index in [2.05, 4.69) is 5.32 Å². The zero-order valence-corrected chi connectivity index (χ0v) is 14.4. The number of rotatable bonds is 8. The number of hydrogen-bond donors (Lipinski definition) is 2. The third-order valence-corrected chi connectivity index (χ3v) is 4.09. The summed E-state index contributed by atoms with van der Waals surface area (Å²) in [4.78, 5) is 0. The van der Waals surface area contributed by atoms with Gasteiger partial charge in [0.1, 0.15) is 18.2 Å². The van der Waals surface area contributed by atoms with E-state index in [1.807, 2.05) is 54.6 Å². The summed E-state index contributed by atoms with van der Waals surface area (Å²) in [5.74, 6) is 0.521. The van der Waals surface area contributed by atoms with Crippen molar-refractivity contribution < 1.29 is 14.2 Å². The first kappa shape index (κ1) is 18.1. The second-order valence-electron chi connectivity index (χ2n) is 6.12. The monoisotopic (exact) mass is 351 g/mol. The molecule has 0 spiro atoms. The van der Waals surface area contributed by atoms with Crippen LogP contribution in [0.4, 0.5) is 4.39 Å². The van der Waals surface area contributed by atoms with E-state index in [4.69, 9.17) is 4.74 Å². The van der Waals surface area contributed by atoms with Gasteiger partial charge >= 0.3 is 0 Å². The molecule has 0 saturated heterocycles. The Bertz CT molecular complexity index is 789. The maximum absolute atomic E-state index is 12.9. The van der Waals surface area contributed by atoms with Gasteiger partial charge in [-0.1, -0.05) is 54.6 Å². The van der Waals surface area contributed by atoms with Crippen LogP contribution in [-0.4, -0.2) is 11.7 Å². The molecular weight excluding hydrogens is 329 g/mol. The predicted molar refractivity (Wildman–Crippen MR) is 100 cm³/mol. The van der Waals surface area contributed by atoms with Crippen molar-refractivity contribution in [2.45, 2.75) is 19.3 Å². The van der Waals surface area contributed by atoms with E-state index in [9.17, 15) is 9.50 Å². The Morgan fingerprint density at radius 3 is 2.23 bits per heavy atom. The molecule has 0 amide bonds. The van der Waals surface area contributed by atoms with Gasteiger partial charge in [0.05, 0.1) is 6.10 Å². The van der Waals surface area contributed by atoms with Gasteiger partial charge in [0.25, 0.3) is 0 Å². The van der Waals surface area contributed by atoms with Gasteiger partial charge in [0.15, 0.2) is 0 Å². The summed E-state index contributed by atoms with van der Waals surface area (Å²) in [6.07, 6.45) is -0.663. The van der Waals surface area contributed by atoms with E-state index in [-0.39, 0.29) is 5.82 Å². The number of ether oxygens (including phenoxy) is 1. The molecule has 0 unspecified atom stereocenters. The van der Waals surface area contributed by atoms with E-state index in [0.29, 0.717) is 25.3 Å². The van der Waals surface area contributed by atoms with Gasteiger partial charge in [-0.15, -0.1) is 0 Å². The summed E-state index contributed by atoms with van der Waals surface area (Å²) in [6.45, 7) is 1.58. The lowest BCUT2D eigenvalue weighted by Gasteiger charge is -2.12. The van der Waals surface area contributed by atoms with Gasteiger partial charge in [-0.2, -0.15) is 0 Å². The van der Waals surface area contributed by atoms with Gasteiger partial charge in [-0.3, -0.25) is 0 Å². The standard InChI is InChI=1S/C22H22FNO2/c23-20-10-8-19(9-11-20)22(25)15-24-14-17-6-12-21(13-7-17)26-16-18-4-2-1-3-5-18/h1-13,22,24-25H,14-16H2/t22-/m1/s1. The van der Waals surface area contributed by atoms with E-state index >= 15 is 0 Å². The number of halogens is 1. The van der Waals surface area contributed by atoms with Crippen LogP contribution in [0.2, 0.25) is 0 Å². The highest BCUT2D eigenvalue weighted by atomic mass is 19.1. The van der Waals surface area contributed by atoms with Crippen molar-refractivity contribution >= 4 is 0 Å². The van der Waals surface area contributed by atoms with Crippen LogP contribution in [0.3, 0.4) is 0 Å². The van der Waals surface area contributed by atoms with Crippen LogP contribution in [0.25, 0.3) is 0 Å². The van der Waals surface area contributed by atoms with Crippen molar-refractivity contribution in [3.8, 4) is 5.75 Å². The quantitative estimate of drug-likeness (QED) is 0.638. The third-order valence-electron chi connectivity index (χ3n) is 4.09. The van der Waals surface area contributed by atoms with Gasteiger partial charge < -0.3 is 15.2 Å². The Morgan fingerprint density at radius 2 is 1.54 bits per heavy atom. The Kier molecular flexibility index (Phi) is 6.36. The average molecular weight is 351 g/mol. The molecule has 1 atom stereocenters. The fraction of sp³-hybridized carbons (Fsp3) is 0.182. The Hall–Kier alpha value is -2.69. The number of benzene rings is 3. The molecule has 0 bridgehead atoms. The first-order valence-electron chi connectivity index (χ1n) is 8.60. The number of aliphatic hydroxyl groups excluding tert-OH is 1. The van der Waals surface area contributed by atoms with Crippen molar-refractivity contribution in [3.63, 3.8) is 0 Å². The molecule has 0 aliphatic rings. The highest BCUT2D eigenvalue weighted by molar-refractivity contribution is 5.28. The molecular formula is C22H22FNO2. The Balaban J connectivity index is 1.43. The van der Waals surface area contributed by atoms with E-state index < -0.39 is 6.10 Å². The van der Waals surface area contributed by atoms with Crippen LogP contribution in [-0.2, 0) is 13.2 Å². The minimum absolute atomic E-state index is 0.302. The minimum Gasteiger partial charge on any atom is -0.489 e. The second-order valence-corrected chi connectivity index (χ2v) is 6.12. The third kappa shape index (κ3) is 5.41. The van der Waals surface area contributed by atoms with Crippen LogP contribution >= 0.6 is 0 Å². The van der Waals surface area contributed by atoms with E-state index in [1.54, 1.807) is 12.1 Å². The first-order valence-corrected chi connectivity index (χ1v) is 8.60. The first-order chi connectivity index (χ1) is 12.7. The maximum atomic E-state index is 12.9. The molecule has 0 aliphatic heterocycles. The molecule has 0 aromatic heterocycles. The number of aliphatic hydroxyl groups is 1. The lowest BCUT2D eigenvalue weighted by atomic mass is 10.1. The van der Waals surface area contributed by atoms with Crippen LogP contribution in [0, 0.1) is 5.82 Å². The molecule has 3 aromatic rings. The highest BCUT2D eigenvalue weighted by Gasteiger charge is 2.07. The molecule has 134 valence electrons. The molecule has 3 rings (SSSR count). The average Bonchev–Trinajstić information content (AvgIpc) is 2.68. The summed E-state index contributed by atoms with van der Waals surface area (Å²) in [5.41, 5.74) is 2.93. The van der Waals surface area contributed by atoms with Crippen LogP contribution in [0.5, 0.6) is 5.75 Å². The molecule has 26 heavy (non-hydrogen) atoms. The van der Waals surface area contributed by atoms with Crippen molar-refractivity contribution in [3.05, 3.63) is 101 Å². The van der Waals surface area contributed by atoms with Gasteiger partial charge in [-0.05, 0) is 41.0 Å². The molecule has 0 radical (unpaired) electrons. The summed E-state index contributed by atoms with van der Waals surface area (Å²) < 4.78 is 18.7. The fourth-order valence-corrected chi connectivity index (χ4v) is 2.60. The van der Waals surface area contributed by atoms with Gasteiger partial charge in [0.2, 0.25) is 0 Å². The minimum atomic E-state index is -0.663. The molecule has 2 N–H and O–H groups in total. The highest BCUT2D eigenvalue weighted by Crippen LogP contribution is 2.15. The topological polar surface area (TPSA) is 41.5 Å². The van der Waals surface area contributed by atoms with Gasteiger partial charge in [0, 0.05) is 13.1 Å². The summed E-state index contributed by atoms with van der Waals surface area (Å²) in [7, 11) is 0. The van der Waals surface area contributed by atoms with Crippen molar-refractivity contribution in [1.29, 1.82) is 0 Å². The molecule has 0 heterocycles. The lowest BCUT2D eigenvalue weighted by Crippen LogP contribution is -2.21. The number of hydrogen-bond acceptors (Lipinski definition) is 3. The SMILES string of the molecule is O[C@H](CNCc1ccc(OCc2ccccc2)cc1)c1ccc(F)cc1. The lowest BCUT2D eigenvalue weighted by molar-refractivity contribution is 0.174. The van der Waals surface area contributed by atoms with Crippen LogP contribution in [0.15, 0.2) is 78.9 Å². The zero-order chi connectivity index (χ0) is 18.2. The molecule has 3 nitrogen and oxygen atoms in total. The zero-order valence-electron chi connectivity index (χ0n) is 14.4. The van der Waals surface area contributed by atoms with Crippen LogP contribution < -0.4 is 10.1 Å². The van der Waals surface area contributed by atoms with Crippen LogP contribution in [0.1, 0.15) is 22.8 Å². The summed E-state index contributed by atoms with van der Waals surface area (Å²) in [5, 5.41) is 13.3. The smallest absolute Gasteiger partial charge is 0.123 e. The normalized spacial score (nSPS) is 11.9. The largest absolute Gasteiger partial charge is 0.489 e. The molecule has 0 saturated carbocycles. The van der Waals surface area contributed by atoms with E-state index in [1.165, 1.54) is 12.1 Å². The van der Waals surface area contributed by atoms with Crippen molar-refractivity contribution in [2.24, 2.45) is 0 Å². The Labute approximate surface area is 153 Å². The molecule has 3 aromatic carbocycles. The van der Waals surface area contributed by atoms with Crippen molar-refractivity contribution in [2.75, 3.05) is 6.54 Å². The van der Waals surface area contributed by atoms with Gasteiger partial charge in [-0.25, -0.2) is 4.39 Å². The fourth-order valence-electron chi connectivity index (χ4n) is 2.60. The summed E-state index contributed by atoms with van der Waals surface area (Å²) >= 11 is 0. The maximum Gasteiger partial charge on any atom is 0.123 e. The second kappa shape index (κ2) is 9.13. The molecule has 0 fully saturated rings. The summed E-state index contributed by atoms with van der Waals surface area (Å²) in [6, 6.07) is 23.8. The Morgan fingerprint density at radius 1 is 0.846 bits per heavy atom.